The summed E-state index contributed by atoms with van der Waals surface area (Å²) in [7, 11) is 1.12. The van der Waals surface area contributed by atoms with Gasteiger partial charge in [0.2, 0.25) is 5.91 Å². The summed E-state index contributed by atoms with van der Waals surface area (Å²) in [4.78, 5) is 39.8. The molecular weight excluding hydrogens is 904 g/mol. The largest absolute Gasteiger partial charge is 0.756 e. The van der Waals surface area contributed by atoms with E-state index in [1.54, 1.807) is 6.08 Å². The number of nitrogens with zero attached hydrogens (tertiary/aromatic N) is 1. The Morgan fingerprint density at radius 1 is 0.521 bits per heavy atom. The van der Waals surface area contributed by atoms with Crippen molar-refractivity contribution in [2.24, 2.45) is 0 Å². The van der Waals surface area contributed by atoms with Crippen molar-refractivity contribution in [2.45, 2.75) is 238 Å². The monoisotopic (exact) mass is 1010 g/mol. The predicted octanol–water partition coefficient (Wildman–Crippen LogP) is 16.6. The molecule has 0 aromatic rings. The Kier molecular flexibility index (Phi) is 48.3. The number of carbonyl (C=O) groups excluding carboxylic acids is 2. The molecule has 0 rings (SSSR count). The Morgan fingerprint density at radius 2 is 0.958 bits per heavy atom. The third-order valence-corrected chi connectivity index (χ3v) is 13.0. The zero-order valence-corrected chi connectivity index (χ0v) is 47.3. The van der Waals surface area contributed by atoms with E-state index in [-0.39, 0.29) is 25.4 Å². The molecule has 3 atom stereocenters. The lowest BCUT2D eigenvalue weighted by Gasteiger charge is -2.30. The minimum Gasteiger partial charge on any atom is -0.756 e. The second-order valence-electron chi connectivity index (χ2n) is 20.1. The Labute approximate surface area is 437 Å². The number of amides is 1. The van der Waals surface area contributed by atoms with Crippen LogP contribution in [0.25, 0.3) is 0 Å². The fourth-order valence-corrected chi connectivity index (χ4v) is 8.33. The molecule has 0 radical (unpaired) electrons. The molecule has 1 amide bonds. The highest BCUT2D eigenvalue weighted by Crippen LogP contribution is 2.38. The lowest BCUT2D eigenvalue weighted by Crippen LogP contribution is -2.47. The standard InChI is InChI=1S/C61H107N2O7P/c1-7-10-13-16-19-22-25-28-30-32-34-36-39-42-45-48-51-54-61(65)70-59(52-49-46-43-40-37-27-24-21-18-15-12-9-3)58(57-69-71(66,67)68-56-55-63(4,5)6)62-60(64)53-50-47-44-41-38-35-33-31-29-26-23-20-17-14-11-8-2/h10,13,19,22,28,30-31,33-36,38,42,45,49,52,58-59H,7-9,11-12,14-18,20-21,23-27,29,32,37,39-41,43-44,46-48,50-51,53-57H2,1-6H3,(H-,62,64,66,67)/b13-10-,22-19-,30-28-,33-31+,36-34-,38-35+,45-42-,52-49+. The molecule has 0 saturated heterocycles. The zero-order valence-electron chi connectivity index (χ0n) is 46.4. The summed E-state index contributed by atoms with van der Waals surface area (Å²) in [6, 6.07) is -0.929. The van der Waals surface area contributed by atoms with Crippen molar-refractivity contribution < 1.29 is 37.3 Å². The molecule has 0 fully saturated rings. The molecule has 0 aromatic carbocycles. The van der Waals surface area contributed by atoms with Gasteiger partial charge in [-0.15, -0.1) is 0 Å². The molecule has 71 heavy (non-hydrogen) atoms. The number of quaternary nitrogens is 1. The van der Waals surface area contributed by atoms with E-state index in [0.717, 1.165) is 83.5 Å². The summed E-state index contributed by atoms with van der Waals surface area (Å²) < 4.78 is 30.1. The zero-order chi connectivity index (χ0) is 52.2. The second kappa shape index (κ2) is 50.5. The van der Waals surface area contributed by atoms with Crippen LogP contribution < -0.4 is 10.2 Å². The van der Waals surface area contributed by atoms with E-state index in [0.29, 0.717) is 23.9 Å². The van der Waals surface area contributed by atoms with E-state index in [9.17, 15) is 19.0 Å². The van der Waals surface area contributed by atoms with Crippen molar-refractivity contribution in [1.29, 1.82) is 0 Å². The van der Waals surface area contributed by atoms with Gasteiger partial charge in [-0.05, 0) is 96.0 Å². The van der Waals surface area contributed by atoms with E-state index < -0.39 is 32.5 Å². The normalized spacial score (nSPS) is 14.5. The van der Waals surface area contributed by atoms with Crippen LogP contribution in [0.5, 0.6) is 0 Å². The Bertz CT molecular complexity index is 1540. The van der Waals surface area contributed by atoms with Crippen molar-refractivity contribution in [3.8, 4) is 0 Å². The maximum atomic E-state index is 13.5. The second-order valence-corrected chi connectivity index (χ2v) is 21.5. The number of phosphoric ester groups is 1. The first-order chi connectivity index (χ1) is 34.4. The van der Waals surface area contributed by atoms with Gasteiger partial charge < -0.3 is 28.5 Å². The summed E-state index contributed by atoms with van der Waals surface area (Å²) in [5.41, 5.74) is 0. The van der Waals surface area contributed by atoms with Crippen molar-refractivity contribution in [2.75, 3.05) is 40.9 Å². The number of hydrogen-bond acceptors (Lipinski definition) is 7. The summed E-state index contributed by atoms with van der Waals surface area (Å²) in [5.74, 6) is -0.646. The van der Waals surface area contributed by atoms with Crippen LogP contribution in [0.1, 0.15) is 226 Å². The molecule has 0 aliphatic carbocycles. The van der Waals surface area contributed by atoms with Crippen molar-refractivity contribution in [3.05, 3.63) is 97.2 Å². The van der Waals surface area contributed by atoms with Gasteiger partial charge in [0, 0.05) is 12.8 Å². The molecule has 0 heterocycles. The average molecular weight is 1010 g/mol. The van der Waals surface area contributed by atoms with Gasteiger partial charge in [-0.3, -0.25) is 14.2 Å². The first-order valence-electron chi connectivity index (χ1n) is 28.6. The van der Waals surface area contributed by atoms with Crippen LogP contribution in [0, 0.1) is 0 Å². The number of ether oxygens (including phenoxy) is 1. The van der Waals surface area contributed by atoms with E-state index in [1.807, 2.05) is 27.2 Å². The number of esters is 1. The third kappa shape index (κ3) is 51.6. The lowest BCUT2D eigenvalue weighted by atomic mass is 10.1. The van der Waals surface area contributed by atoms with Crippen molar-refractivity contribution >= 4 is 19.7 Å². The highest BCUT2D eigenvalue weighted by atomic mass is 31.2. The van der Waals surface area contributed by atoms with Crippen LogP contribution in [0.2, 0.25) is 0 Å². The fourth-order valence-electron chi connectivity index (χ4n) is 7.61. The van der Waals surface area contributed by atoms with Gasteiger partial charge in [-0.25, -0.2) is 0 Å². The number of phosphoric acid groups is 1. The van der Waals surface area contributed by atoms with Gasteiger partial charge in [-0.2, -0.15) is 0 Å². The number of likely N-dealkylation sites (N-methyl/N-ethyl adjacent to an activating group) is 1. The van der Waals surface area contributed by atoms with Crippen molar-refractivity contribution in [3.63, 3.8) is 0 Å². The first kappa shape index (κ1) is 67.9. The van der Waals surface area contributed by atoms with Gasteiger partial charge >= 0.3 is 5.97 Å². The molecule has 9 nitrogen and oxygen atoms in total. The molecule has 0 spiro atoms. The van der Waals surface area contributed by atoms with Crippen LogP contribution in [-0.4, -0.2) is 69.4 Å². The summed E-state index contributed by atoms with van der Waals surface area (Å²) in [6.07, 6.45) is 66.7. The first-order valence-corrected chi connectivity index (χ1v) is 30.0. The molecule has 0 aromatic heterocycles. The van der Waals surface area contributed by atoms with Crippen LogP contribution in [0.3, 0.4) is 0 Å². The highest BCUT2D eigenvalue weighted by Gasteiger charge is 2.27. The summed E-state index contributed by atoms with van der Waals surface area (Å²) in [5, 5.41) is 2.99. The van der Waals surface area contributed by atoms with Crippen LogP contribution >= 0.6 is 7.82 Å². The van der Waals surface area contributed by atoms with Gasteiger partial charge in [0.25, 0.3) is 7.82 Å². The van der Waals surface area contributed by atoms with Crippen LogP contribution in [0.15, 0.2) is 97.2 Å². The van der Waals surface area contributed by atoms with E-state index in [2.05, 4.69) is 111 Å². The summed E-state index contributed by atoms with van der Waals surface area (Å²) >= 11 is 0. The van der Waals surface area contributed by atoms with Crippen LogP contribution in [-0.2, 0) is 27.9 Å². The smallest absolute Gasteiger partial charge is 0.306 e. The van der Waals surface area contributed by atoms with Crippen molar-refractivity contribution in [1.82, 2.24) is 5.32 Å². The minimum absolute atomic E-state index is 0.0406. The molecule has 408 valence electrons. The molecule has 0 bridgehead atoms. The molecule has 3 unspecified atom stereocenters. The number of allylic oxidation sites excluding steroid dienone is 15. The van der Waals surface area contributed by atoms with E-state index >= 15 is 0 Å². The summed E-state index contributed by atoms with van der Waals surface area (Å²) in [6.45, 7) is 6.64. The maximum absolute atomic E-state index is 13.5. The predicted molar refractivity (Wildman–Crippen MR) is 302 cm³/mol. The SMILES string of the molecule is CC/C=C\C/C=C\C/C=C\C/C=C\C/C=C\CCCC(=O)OC(/C=C/CCCCCCCCCCCC)C(COP(=O)([O-])OCC[N+](C)(C)C)NC(=O)CCCCC/C=C/C=C/CCCCCCCCC. The van der Waals surface area contributed by atoms with Gasteiger partial charge in [-0.1, -0.05) is 215 Å². The number of carbonyl (C=O) groups is 2. The molecular formula is C61H107N2O7P. The fraction of sp³-hybridized carbons (Fsp3) is 0.705. The lowest BCUT2D eigenvalue weighted by molar-refractivity contribution is -0.870. The molecule has 0 saturated carbocycles. The van der Waals surface area contributed by atoms with E-state index in [4.69, 9.17) is 13.8 Å². The number of hydrogen-bond donors (Lipinski definition) is 1. The van der Waals surface area contributed by atoms with Crippen LogP contribution in [0.4, 0.5) is 0 Å². The van der Waals surface area contributed by atoms with Gasteiger partial charge in [0.15, 0.2) is 0 Å². The molecule has 10 heteroatoms. The number of nitrogens with one attached hydrogen (secondary N) is 1. The average Bonchev–Trinajstić information content (AvgIpc) is 3.33. The maximum Gasteiger partial charge on any atom is 0.306 e. The Morgan fingerprint density at radius 3 is 1.45 bits per heavy atom. The number of unbranched alkanes of at least 4 members (excludes halogenated alkanes) is 21. The van der Waals surface area contributed by atoms with Gasteiger partial charge in [0.05, 0.1) is 33.8 Å². The van der Waals surface area contributed by atoms with Gasteiger partial charge in [0.1, 0.15) is 19.3 Å². The number of rotatable bonds is 50. The molecule has 0 aliphatic rings. The Balaban J connectivity index is 5.51. The quantitative estimate of drug-likeness (QED) is 0.0161. The van der Waals surface area contributed by atoms with E-state index in [1.165, 1.54) is 96.3 Å². The Hall–Kier alpha value is -3.07. The topological polar surface area (TPSA) is 114 Å². The highest BCUT2D eigenvalue weighted by molar-refractivity contribution is 7.45. The molecule has 1 N–H and O–H groups in total. The molecule has 0 aliphatic heterocycles. The third-order valence-electron chi connectivity index (χ3n) is 12.0. The minimum atomic E-state index is -4.72.